The van der Waals surface area contributed by atoms with Crippen molar-refractivity contribution in [2.45, 2.75) is 33.5 Å². The minimum absolute atomic E-state index is 0.0178. The van der Waals surface area contributed by atoms with Crippen molar-refractivity contribution in [3.63, 3.8) is 0 Å². The Kier molecular flexibility index (Phi) is 8.43. The van der Waals surface area contributed by atoms with Crippen LogP contribution < -0.4 is 16.2 Å². The van der Waals surface area contributed by atoms with Crippen LogP contribution in [0.5, 0.6) is 0 Å². The average molecular weight is 631 g/mol. The van der Waals surface area contributed by atoms with Crippen LogP contribution in [0.3, 0.4) is 0 Å². The van der Waals surface area contributed by atoms with E-state index in [0.29, 0.717) is 47.7 Å². The smallest absolute Gasteiger partial charge is 0.265 e. The van der Waals surface area contributed by atoms with Crippen molar-refractivity contribution in [1.82, 2.24) is 39.8 Å². The number of halogens is 1. The maximum Gasteiger partial charge on any atom is 0.265 e. The summed E-state index contributed by atoms with van der Waals surface area (Å²) in [5, 5.41) is 11.6. The fourth-order valence-corrected chi connectivity index (χ4v) is 5.97. The normalized spacial score (nSPS) is 16.0. The van der Waals surface area contributed by atoms with E-state index in [4.69, 9.17) is 11.6 Å². The molecule has 0 bridgehead atoms. The molecule has 234 valence electrons. The van der Waals surface area contributed by atoms with Gasteiger partial charge >= 0.3 is 0 Å². The molecule has 2 N–H and O–H groups in total. The lowest BCUT2D eigenvalue weighted by atomic mass is 9.84. The number of rotatable bonds is 8. The number of hydrogen-bond donors (Lipinski definition) is 2. The summed E-state index contributed by atoms with van der Waals surface area (Å²) in [7, 11) is 0. The number of amides is 3. The molecule has 2 saturated heterocycles. The van der Waals surface area contributed by atoms with E-state index in [1.54, 1.807) is 58.5 Å². The van der Waals surface area contributed by atoms with Crippen LogP contribution in [0.25, 0.3) is 22.2 Å². The van der Waals surface area contributed by atoms with Crippen LogP contribution in [0.1, 0.15) is 29.8 Å². The van der Waals surface area contributed by atoms with Crippen molar-refractivity contribution >= 4 is 40.4 Å². The monoisotopic (exact) mass is 630 g/mol. The van der Waals surface area contributed by atoms with Gasteiger partial charge in [-0.2, -0.15) is 5.10 Å². The molecule has 0 radical (unpaired) electrons. The largest absolute Gasteiger partial charge is 0.348 e. The maximum absolute atomic E-state index is 13.8. The van der Waals surface area contributed by atoms with E-state index in [9.17, 15) is 19.2 Å². The third-order valence-electron chi connectivity index (χ3n) is 8.20. The minimum Gasteiger partial charge on any atom is -0.348 e. The van der Waals surface area contributed by atoms with Gasteiger partial charge in [-0.1, -0.05) is 37.6 Å². The molecule has 0 unspecified atom stereocenters. The quantitative estimate of drug-likeness (QED) is 0.305. The fourth-order valence-electron chi connectivity index (χ4n) is 5.85. The standard InChI is InChI=1S/C32H35ClN8O4/c1-32(2)19-39(20-32)28(43)18-41-29-25(13-26(31(41)45)30(44)36-14-21-3-5-23(33)6-4-21)24(7-8-35-29)22-15-37-40(16-22)17-27(42)38-11-9-34-10-12-38/h3-8,13,15-16,34H,9-12,14,17-20H2,1-2H3,(H,36,44). The zero-order chi connectivity index (χ0) is 31.7. The zero-order valence-electron chi connectivity index (χ0n) is 25.3. The van der Waals surface area contributed by atoms with Crippen molar-refractivity contribution in [1.29, 1.82) is 0 Å². The van der Waals surface area contributed by atoms with Crippen molar-refractivity contribution in [2.24, 2.45) is 5.41 Å². The molecule has 13 heteroatoms. The van der Waals surface area contributed by atoms with Gasteiger partial charge in [-0.25, -0.2) is 4.98 Å². The third kappa shape index (κ3) is 6.62. The number of carbonyl (C=O) groups is 3. The molecule has 3 aromatic heterocycles. The van der Waals surface area contributed by atoms with E-state index in [-0.39, 0.29) is 48.1 Å². The van der Waals surface area contributed by atoms with Crippen molar-refractivity contribution < 1.29 is 14.4 Å². The molecule has 2 aliphatic rings. The van der Waals surface area contributed by atoms with E-state index in [2.05, 4.69) is 34.6 Å². The lowest BCUT2D eigenvalue weighted by Gasteiger charge is -2.45. The van der Waals surface area contributed by atoms with Crippen molar-refractivity contribution in [3.05, 3.63) is 81.5 Å². The molecule has 0 atom stereocenters. The van der Waals surface area contributed by atoms with Gasteiger partial charge in [0.15, 0.2) is 0 Å². The SMILES string of the molecule is CC1(C)CN(C(=O)Cn2c(=O)c(C(=O)NCc3ccc(Cl)cc3)cc3c(-c4cnn(CC(=O)N5CCNCC5)c4)ccnc32)C1. The Hall–Kier alpha value is -4.55. The topological polar surface area (TPSA) is 134 Å². The van der Waals surface area contributed by atoms with Gasteiger partial charge < -0.3 is 20.4 Å². The summed E-state index contributed by atoms with van der Waals surface area (Å²) in [4.78, 5) is 61.4. The van der Waals surface area contributed by atoms with Gasteiger partial charge in [-0.3, -0.25) is 28.4 Å². The van der Waals surface area contributed by atoms with Crippen LogP contribution >= 0.6 is 11.6 Å². The second-order valence-electron chi connectivity index (χ2n) is 12.3. The first-order chi connectivity index (χ1) is 21.6. The van der Waals surface area contributed by atoms with Crippen LogP contribution in [-0.2, 0) is 29.2 Å². The van der Waals surface area contributed by atoms with Crippen LogP contribution in [0.15, 0.2) is 59.8 Å². The molecular weight excluding hydrogens is 596 g/mol. The molecule has 12 nitrogen and oxygen atoms in total. The molecular formula is C32H35ClN8O4. The van der Waals surface area contributed by atoms with E-state index in [1.165, 1.54) is 10.6 Å². The Balaban J connectivity index is 1.34. The first-order valence-corrected chi connectivity index (χ1v) is 15.3. The number of nitrogens with zero attached hydrogens (tertiary/aromatic N) is 6. The Bertz CT molecular complexity index is 1820. The summed E-state index contributed by atoms with van der Waals surface area (Å²) in [5.41, 5.74) is 1.75. The number of hydrogen-bond acceptors (Lipinski definition) is 7. The highest BCUT2D eigenvalue weighted by molar-refractivity contribution is 6.30. The Labute approximate surface area is 265 Å². The molecule has 0 spiro atoms. The number of nitrogens with one attached hydrogen (secondary N) is 2. The van der Waals surface area contributed by atoms with Crippen LogP contribution in [0.2, 0.25) is 5.02 Å². The summed E-state index contributed by atoms with van der Waals surface area (Å²) in [6.07, 6.45) is 4.97. The molecule has 2 fully saturated rings. The van der Waals surface area contributed by atoms with Crippen LogP contribution in [-0.4, -0.2) is 86.1 Å². The number of aromatic nitrogens is 4. The number of fused-ring (bicyclic) bond motifs is 1. The van der Waals surface area contributed by atoms with Gasteiger partial charge in [0.05, 0.1) is 6.20 Å². The second kappa shape index (κ2) is 12.4. The predicted octanol–water partition coefficient (Wildman–Crippen LogP) is 2.14. The van der Waals surface area contributed by atoms with E-state index in [0.717, 1.165) is 18.7 Å². The van der Waals surface area contributed by atoms with E-state index >= 15 is 0 Å². The number of benzene rings is 1. The first kappa shape index (κ1) is 30.5. The summed E-state index contributed by atoms with van der Waals surface area (Å²) in [5.74, 6) is -0.815. The minimum atomic E-state index is -0.605. The van der Waals surface area contributed by atoms with E-state index < -0.39 is 11.5 Å². The molecule has 2 aliphatic heterocycles. The molecule has 1 aromatic carbocycles. The molecule has 5 heterocycles. The molecule has 3 amide bonds. The fraction of sp³-hybridized carbons (Fsp3) is 0.375. The Morgan fingerprint density at radius 1 is 1.00 bits per heavy atom. The third-order valence-corrected chi connectivity index (χ3v) is 8.45. The second-order valence-corrected chi connectivity index (χ2v) is 12.8. The van der Waals surface area contributed by atoms with Gasteiger partial charge in [0, 0.05) is 74.2 Å². The van der Waals surface area contributed by atoms with Gasteiger partial charge in [0.2, 0.25) is 11.8 Å². The lowest BCUT2D eigenvalue weighted by Crippen LogP contribution is -2.56. The zero-order valence-corrected chi connectivity index (χ0v) is 26.0. The van der Waals surface area contributed by atoms with Crippen LogP contribution in [0, 0.1) is 5.41 Å². The lowest BCUT2D eigenvalue weighted by molar-refractivity contribution is -0.142. The first-order valence-electron chi connectivity index (χ1n) is 14.9. The summed E-state index contributed by atoms with van der Waals surface area (Å²) in [6.45, 7) is 8.17. The maximum atomic E-state index is 13.8. The summed E-state index contributed by atoms with van der Waals surface area (Å²) < 4.78 is 2.86. The van der Waals surface area contributed by atoms with Gasteiger partial charge in [-0.05, 0) is 40.8 Å². The summed E-state index contributed by atoms with van der Waals surface area (Å²) >= 11 is 5.99. The average Bonchev–Trinajstić information content (AvgIpc) is 3.48. The van der Waals surface area contributed by atoms with Crippen LogP contribution in [0.4, 0.5) is 0 Å². The Morgan fingerprint density at radius 2 is 1.71 bits per heavy atom. The molecule has 45 heavy (non-hydrogen) atoms. The van der Waals surface area contributed by atoms with E-state index in [1.807, 2.05) is 4.90 Å². The molecule has 4 aromatic rings. The molecule has 0 aliphatic carbocycles. The highest BCUT2D eigenvalue weighted by atomic mass is 35.5. The van der Waals surface area contributed by atoms with Gasteiger partial charge in [-0.15, -0.1) is 0 Å². The predicted molar refractivity (Wildman–Crippen MR) is 170 cm³/mol. The number of piperazine rings is 1. The highest BCUT2D eigenvalue weighted by Gasteiger charge is 2.37. The van der Waals surface area contributed by atoms with Crippen molar-refractivity contribution in [3.8, 4) is 11.1 Å². The summed E-state index contributed by atoms with van der Waals surface area (Å²) in [6, 6.07) is 10.3. The number of carbonyl (C=O) groups excluding carboxylic acids is 3. The highest BCUT2D eigenvalue weighted by Crippen LogP contribution is 2.30. The molecule has 0 saturated carbocycles. The molecule has 6 rings (SSSR count). The number of likely N-dealkylation sites (tertiary alicyclic amines) is 1. The van der Waals surface area contributed by atoms with Gasteiger partial charge in [0.1, 0.15) is 24.3 Å². The number of pyridine rings is 2. The Morgan fingerprint density at radius 3 is 2.42 bits per heavy atom. The van der Waals surface area contributed by atoms with Gasteiger partial charge in [0.25, 0.3) is 11.5 Å². The van der Waals surface area contributed by atoms with Crippen molar-refractivity contribution in [2.75, 3.05) is 39.3 Å².